The third-order valence-corrected chi connectivity index (χ3v) is 1.93. The summed E-state index contributed by atoms with van der Waals surface area (Å²) in [5.74, 6) is 0. The molecule has 0 aliphatic carbocycles. The van der Waals surface area contributed by atoms with Gasteiger partial charge >= 0.3 is 51.4 Å². The normalized spacial score (nSPS) is 19.8. The van der Waals surface area contributed by atoms with Crippen LogP contribution in [0.1, 0.15) is 12.8 Å². The molecule has 0 N–H and O–H groups in total. The van der Waals surface area contributed by atoms with E-state index in [-0.39, 0.29) is 58.0 Å². The predicted molar refractivity (Wildman–Crippen MR) is 41.4 cm³/mol. The van der Waals surface area contributed by atoms with Gasteiger partial charge in [-0.25, -0.2) is 0 Å². The average Bonchev–Trinajstić information content (AvgIpc) is 2.28. The van der Waals surface area contributed by atoms with Crippen molar-refractivity contribution in [3.8, 4) is 0 Å². The van der Waals surface area contributed by atoms with E-state index in [4.69, 9.17) is 4.74 Å². The minimum absolute atomic E-state index is 0. The second-order valence-electron chi connectivity index (χ2n) is 2.87. The van der Waals surface area contributed by atoms with Crippen LogP contribution < -0.4 is 56.5 Å². The van der Waals surface area contributed by atoms with Gasteiger partial charge < -0.3 is 14.7 Å². The maximum absolute atomic E-state index is 10.2. The molecule has 66 valence electrons. The van der Waals surface area contributed by atoms with Crippen molar-refractivity contribution in [3.63, 3.8) is 0 Å². The molecule has 0 bridgehead atoms. The molecule has 0 amide bonds. The summed E-state index contributed by atoms with van der Waals surface area (Å²) in [5.41, 5.74) is 0. The van der Waals surface area contributed by atoms with Gasteiger partial charge in [-0.15, -0.1) is 6.61 Å². The Morgan fingerprint density at radius 1 is 1.25 bits per heavy atom. The van der Waals surface area contributed by atoms with Gasteiger partial charge in [0.15, 0.2) is 0 Å². The van der Waals surface area contributed by atoms with Gasteiger partial charge in [0.1, 0.15) is 0 Å². The molecule has 0 aromatic heterocycles. The first-order valence-corrected chi connectivity index (χ1v) is 4.31. The quantitative estimate of drug-likeness (QED) is 0.440. The van der Waals surface area contributed by atoms with Crippen LogP contribution >= 0.6 is 0 Å². The van der Waals surface area contributed by atoms with Crippen molar-refractivity contribution in [1.29, 1.82) is 0 Å². The first kappa shape index (κ1) is 13.5. The molecule has 3 nitrogen and oxygen atoms in total. The van der Waals surface area contributed by atoms with Crippen LogP contribution in [0, 0.1) is 0 Å². The monoisotopic (exact) mass is 197 g/mol. The minimum Gasteiger partial charge on any atom is -0.854 e. The fraction of sp³-hybridized carbons (Fsp3) is 1.00. The van der Waals surface area contributed by atoms with Crippen molar-refractivity contribution < 1.29 is 61.2 Å². The van der Waals surface area contributed by atoms with Crippen LogP contribution in [0.5, 0.6) is 0 Å². The SMILES string of the molecule is [K+].[O-]CCCN1CCCOCC1. The van der Waals surface area contributed by atoms with Gasteiger partial charge in [0.2, 0.25) is 0 Å². The van der Waals surface area contributed by atoms with Gasteiger partial charge in [0, 0.05) is 19.7 Å². The predicted octanol–water partition coefficient (Wildman–Crippen LogP) is -3.54. The molecule has 0 aromatic carbocycles. The van der Waals surface area contributed by atoms with Crippen molar-refractivity contribution in [1.82, 2.24) is 4.90 Å². The maximum atomic E-state index is 10.2. The van der Waals surface area contributed by atoms with E-state index in [1.165, 1.54) is 0 Å². The summed E-state index contributed by atoms with van der Waals surface area (Å²) in [6.07, 6.45) is 1.89. The van der Waals surface area contributed by atoms with Crippen LogP contribution in [0.4, 0.5) is 0 Å². The van der Waals surface area contributed by atoms with E-state index in [1.54, 1.807) is 0 Å². The van der Waals surface area contributed by atoms with Crippen LogP contribution in [-0.2, 0) is 4.74 Å². The molecule has 1 aliphatic heterocycles. The van der Waals surface area contributed by atoms with E-state index >= 15 is 0 Å². The second kappa shape index (κ2) is 9.09. The zero-order valence-corrected chi connectivity index (χ0v) is 11.0. The van der Waals surface area contributed by atoms with Crippen molar-refractivity contribution in [3.05, 3.63) is 0 Å². The van der Waals surface area contributed by atoms with Crippen LogP contribution in [0.2, 0.25) is 0 Å². The largest absolute Gasteiger partial charge is 1.00 e. The Morgan fingerprint density at radius 2 is 2.08 bits per heavy atom. The molecule has 1 rings (SSSR count). The molecule has 1 aliphatic rings. The fourth-order valence-corrected chi connectivity index (χ4v) is 1.31. The van der Waals surface area contributed by atoms with E-state index < -0.39 is 0 Å². The first-order valence-electron chi connectivity index (χ1n) is 4.31. The van der Waals surface area contributed by atoms with Crippen LogP contribution in [-0.4, -0.2) is 44.4 Å². The molecule has 1 saturated heterocycles. The standard InChI is InChI=1S/C8H16NO2.K/c10-6-1-3-9-4-2-7-11-8-5-9;/h1-8H2;/q-1;+1. The number of hydrogen-bond acceptors (Lipinski definition) is 3. The van der Waals surface area contributed by atoms with E-state index in [1.807, 2.05) is 0 Å². The van der Waals surface area contributed by atoms with Gasteiger partial charge in [0.05, 0.1) is 6.61 Å². The van der Waals surface area contributed by atoms with Gasteiger partial charge in [0.25, 0.3) is 0 Å². The molecule has 0 atom stereocenters. The van der Waals surface area contributed by atoms with Crippen molar-refractivity contribution in [2.24, 2.45) is 0 Å². The zero-order chi connectivity index (χ0) is 7.94. The van der Waals surface area contributed by atoms with Crippen LogP contribution in [0.25, 0.3) is 0 Å². The van der Waals surface area contributed by atoms with Gasteiger partial charge in [-0.3, -0.25) is 0 Å². The summed E-state index contributed by atoms with van der Waals surface area (Å²) in [6.45, 7) is 4.82. The molecule has 0 spiro atoms. The van der Waals surface area contributed by atoms with E-state index in [9.17, 15) is 5.11 Å². The smallest absolute Gasteiger partial charge is 0.854 e. The maximum Gasteiger partial charge on any atom is 1.00 e. The van der Waals surface area contributed by atoms with Crippen molar-refractivity contribution >= 4 is 0 Å². The number of rotatable bonds is 3. The Morgan fingerprint density at radius 3 is 2.83 bits per heavy atom. The van der Waals surface area contributed by atoms with E-state index in [0.717, 1.165) is 45.7 Å². The van der Waals surface area contributed by atoms with E-state index in [2.05, 4.69) is 4.90 Å². The van der Waals surface area contributed by atoms with E-state index in [0.29, 0.717) is 0 Å². The van der Waals surface area contributed by atoms with Crippen LogP contribution in [0.3, 0.4) is 0 Å². The Labute approximate surface area is 117 Å². The zero-order valence-electron chi connectivity index (χ0n) is 7.92. The minimum atomic E-state index is 0. The average molecular weight is 197 g/mol. The van der Waals surface area contributed by atoms with Gasteiger partial charge in [-0.1, -0.05) is 6.42 Å². The topological polar surface area (TPSA) is 35.5 Å². The Hall–Kier alpha value is 1.52. The number of hydrogen-bond donors (Lipinski definition) is 0. The molecule has 1 heterocycles. The summed E-state index contributed by atoms with van der Waals surface area (Å²) in [4.78, 5) is 2.31. The third kappa shape index (κ3) is 6.04. The summed E-state index contributed by atoms with van der Waals surface area (Å²) in [6, 6.07) is 0. The van der Waals surface area contributed by atoms with Gasteiger partial charge in [-0.2, -0.15) is 0 Å². The Bertz CT molecular complexity index is 95.1. The second-order valence-corrected chi connectivity index (χ2v) is 2.87. The molecular formula is C8H16KNO2. The summed E-state index contributed by atoms with van der Waals surface area (Å²) in [7, 11) is 0. The summed E-state index contributed by atoms with van der Waals surface area (Å²) >= 11 is 0. The third-order valence-electron chi connectivity index (χ3n) is 1.93. The molecule has 12 heavy (non-hydrogen) atoms. The fourth-order valence-electron chi connectivity index (χ4n) is 1.31. The number of ether oxygens (including phenoxy) is 1. The van der Waals surface area contributed by atoms with Gasteiger partial charge in [-0.05, 0) is 13.0 Å². The Balaban J connectivity index is 0.00000121. The van der Waals surface area contributed by atoms with Crippen LogP contribution in [0.15, 0.2) is 0 Å². The Kier molecular flexibility index (Phi) is 10.2. The summed E-state index contributed by atoms with van der Waals surface area (Å²) in [5, 5.41) is 10.2. The molecule has 0 unspecified atom stereocenters. The molecule has 0 saturated carbocycles. The molecule has 1 fully saturated rings. The molecule has 0 radical (unpaired) electrons. The van der Waals surface area contributed by atoms with Crippen molar-refractivity contribution in [2.45, 2.75) is 12.8 Å². The molecule has 0 aromatic rings. The number of nitrogens with zero attached hydrogens (tertiary/aromatic N) is 1. The summed E-state index contributed by atoms with van der Waals surface area (Å²) < 4.78 is 5.28. The molecule has 4 heteroatoms. The first-order chi connectivity index (χ1) is 5.43. The molecular weight excluding hydrogens is 181 g/mol. The van der Waals surface area contributed by atoms with Crippen molar-refractivity contribution in [2.75, 3.05) is 39.5 Å².